The maximum Gasteiger partial charge on any atom is 0.257 e. The molecule has 8 heteroatoms. The minimum Gasteiger partial charge on any atom is -0.292 e. The van der Waals surface area contributed by atoms with Crippen molar-refractivity contribution in [3.8, 4) is 10.7 Å². The molecule has 6 nitrogen and oxygen atoms in total. The second-order valence-corrected chi connectivity index (χ2v) is 8.83. The number of rotatable bonds is 5. The van der Waals surface area contributed by atoms with Gasteiger partial charge < -0.3 is 0 Å². The van der Waals surface area contributed by atoms with Crippen LogP contribution in [0.15, 0.2) is 46.9 Å². The summed E-state index contributed by atoms with van der Waals surface area (Å²) in [4.78, 5) is 29.6. The van der Waals surface area contributed by atoms with Crippen molar-refractivity contribution in [2.24, 2.45) is 0 Å². The van der Waals surface area contributed by atoms with Crippen LogP contribution < -0.4 is 5.32 Å². The van der Waals surface area contributed by atoms with Crippen LogP contribution >= 0.6 is 23.1 Å². The van der Waals surface area contributed by atoms with E-state index in [0.717, 1.165) is 10.4 Å². The second-order valence-electron chi connectivity index (χ2n) is 6.94. The van der Waals surface area contributed by atoms with Crippen molar-refractivity contribution < 1.29 is 9.59 Å². The van der Waals surface area contributed by atoms with Crippen LogP contribution in [0.4, 0.5) is 0 Å². The Kier molecular flexibility index (Phi) is 5.76. The summed E-state index contributed by atoms with van der Waals surface area (Å²) >= 11 is 2.73. The molecule has 2 aromatic heterocycles. The molecular formula is C19H20N4O2S2. The SMILES string of the molecule is CC(C)(C)c1ccc(C(=O)NC(=O)CSc2n[nH]c(-c3cccs3)n2)cc1. The summed E-state index contributed by atoms with van der Waals surface area (Å²) in [7, 11) is 0. The largest absolute Gasteiger partial charge is 0.292 e. The van der Waals surface area contributed by atoms with Crippen molar-refractivity contribution in [2.45, 2.75) is 31.3 Å². The lowest BCUT2D eigenvalue weighted by molar-refractivity contribution is -0.117. The van der Waals surface area contributed by atoms with Gasteiger partial charge in [-0.3, -0.25) is 20.0 Å². The summed E-state index contributed by atoms with van der Waals surface area (Å²) in [5, 5.41) is 11.7. The molecule has 0 unspecified atom stereocenters. The van der Waals surface area contributed by atoms with Gasteiger partial charge in [0.15, 0.2) is 5.82 Å². The van der Waals surface area contributed by atoms with Crippen LogP contribution in [-0.2, 0) is 10.2 Å². The highest BCUT2D eigenvalue weighted by molar-refractivity contribution is 7.99. The van der Waals surface area contributed by atoms with E-state index in [1.807, 2.05) is 29.6 Å². The van der Waals surface area contributed by atoms with Gasteiger partial charge in [-0.25, -0.2) is 4.98 Å². The van der Waals surface area contributed by atoms with Crippen molar-refractivity contribution in [2.75, 3.05) is 5.75 Å². The highest BCUT2D eigenvalue weighted by atomic mass is 32.2. The number of nitrogens with one attached hydrogen (secondary N) is 2. The van der Waals surface area contributed by atoms with Gasteiger partial charge in [-0.1, -0.05) is 50.7 Å². The van der Waals surface area contributed by atoms with Crippen LogP contribution in [0.25, 0.3) is 10.7 Å². The molecule has 0 atom stereocenters. The predicted molar refractivity (Wildman–Crippen MR) is 108 cm³/mol. The fourth-order valence-electron chi connectivity index (χ4n) is 2.32. The van der Waals surface area contributed by atoms with E-state index in [1.54, 1.807) is 23.5 Å². The van der Waals surface area contributed by atoms with Crippen molar-refractivity contribution in [1.82, 2.24) is 20.5 Å². The molecule has 0 aliphatic heterocycles. The molecule has 3 aromatic rings. The molecule has 2 N–H and O–H groups in total. The van der Waals surface area contributed by atoms with Gasteiger partial charge >= 0.3 is 0 Å². The number of thiophene rings is 1. The van der Waals surface area contributed by atoms with Crippen LogP contribution in [0.1, 0.15) is 36.7 Å². The number of aromatic amines is 1. The smallest absolute Gasteiger partial charge is 0.257 e. The maximum absolute atomic E-state index is 12.2. The molecule has 2 heterocycles. The van der Waals surface area contributed by atoms with Gasteiger partial charge in [0.1, 0.15) is 0 Å². The van der Waals surface area contributed by atoms with Crippen LogP contribution in [0.5, 0.6) is 0 Å². The molecule has 0 saturated carbocycles. The summed E-state index contributed by atoms with van der Waals surface area (Å²) in [6, 6.07) is 11.2. The molecule has 0 radical (unpaired) electrons. The van der Waals surface area contributed by atoms with Gasteiger partial charge in [0.05, 0.1) is 10.6 Å². The van der Waals surface area contributed by atoms with Crippen LogP contribution in [0, 0.1) is 0 Å². The van der Waals surface area contributed by atoms with E-state index < -0.39 is 5.91 Å². The molecule has 0 bridgehead atoms. The van der Waals surface area contributed by atoms with Gasteiger partial charge in [0.25, 0.3) is 5.91 Å². The first kappa shape index (κ1) is 19.3. The molecule has 3 rings (SSSR count). The lowest BCUT2D eigenvalue weighted by Gasteiger charge is -2.18. The zero-order valence-corrected chi connectivity index (χ0v) is 16.9. The fourth-order valence-corrected chi connectivity index (χ4v) is 3.58. The minimum absolute atomic E-state index is 0.0139. The molecule has 2 amide bonds. The Morgan fingerprint density at radius 3 is 2.56 bits per heavy atom. The number of hydrogen-bond donors (Lipinski definition) is 2. The highest BCUT2D eigenvalue weighted by Crippen LogP contribution is 2.23. The summed E-state index contributed by atoms with van der Waals surface area (Å²) < 4.78 is 0. The number of carbonyl (C=O) groups is 2. The van der Waals surface area contributed by atoms with Crippen molar-refractivity contribution in [1.29, 1.82) is 0 Å². The monoisotopic (exact) mass is 400 g/mol. The zero-order chi connectivity index (χ0) is 19.4. The number of benzene rings is 1. The van der Waals surface area contributed by atoms with Gasteiger partial charge in [0.2, 0.25) is 11.1 Å². The normalized spacial score (nSPS) is 11.4. The third-order valence-electron chi connectivity index (χ3n) is 3.82. The highest BCUT2D eigenvalue weighted by Gasteiger charge is 2.16. The number of thioether (sulfide) groups is 1. The topological polar surface area (TPSA) is 87.7 Å². The van der Waals surface area contributed by atoms with E-state index in [-0.39, 0.29) is 17.1 Å². The third-order valence-corrected chi connectivity index (χ3v) is 5.54. The first-order valence-electron chi connectivity index (χ1n) is 8.37. The molecule has 0 spiro atoms. The summed E-state index contributed by atoms with van der Waals surface area (Å²) in [5.74, 6) is -0.0568. The number of carbonyl (C=O) groups excluding carboxylic acids is 2. The number of hydrogen-bond acceptors (Lipinski definition) is 6. The molecule has 0 fully saturated rings. The number of H-pyrrole nitrogens is 1. The van der Waals surface area contributed by atoms with Crippen LogP contribution in [-0.4, -0.2) is 32.7 Å². The van der Waals surface area contributed by atoms with Crippen LogP contribution in [0.3, 0.4) is 0 Å². The number of aromatic nitrogens is 3. The molecule has 0 saturated heterocycles. The van der Waals surface area contributed by atoms with Crippen molar-refractivity contribution in [3.05, 3.63) is 52.9 Å². The van der Waals surface area contributed by atoms with Gasteiger partial charge in [0, 0.05) is 5.56 Å². The predicted octanol–water partition coefficient (Wildman–Crippen LogP) is 3.88. The Morgan fingerprint density at radius 2 is 1.93 bits per heavy atom. The second kappa shape index (κ2) is 8.06. The van der Waals surface area contributed by atoms with E-state index in [4.69, 9.17) is 0 Å². The lowest BCUT2D eigenvalue weighted by atomic mass is 9.87. The first-order chi connectivity index (χ1) is 12.8. The molecule has 140 valence electrons. The molecular weight excluding hydrogens is 380 g/mol. The third kappa shape index (κ3) is 5.05. The summed E-state index contributed by atoms with van der Waals surface area (Å²) in [6.45, 7) is 6.32. The quantitative estimate of drug-likeness (QED) is 0.635. The fraction of sp³-hybridized carbons (Fsp3) is 0.263. The first-order valence-corrected chi connectivity index (χ1v) is 10.2. The Bertz CT molecular complexity index is 926. The average Bonchev–Trinajstić information content (AvgIpc) is 3.30. The van der Waals surface area contributed by atoms with E-state index in [0.29, 0.717) is 16.5 Å². The maximum atomic E-state index is 12.2. The number of imide groups is 1. The van der Waals surface area contributed by atoms with Gasteiger partial charge in [-0.2, -0.15) is 0 Å². The molecule has 1 aromatic carbocycles. The van der Waals surface area contributed by atoms with E-state index in [2.05, 4.69) is 41.3 Å². The average molecular weight is 401 g/mol. The lowest BCUT2D eigenvalue weighted by Crippen LogP contribution is -2.31. The number of amides is 2. The summed E-state index contributed by atoms with van der Waals surface area (Å²) in [6.07, 6.45) is 0. The van der Waals surface area contributed by atoms with Crippen LogP contribution in [0.2, 0.25) is 0 Å². The minimum atomic E-state index is -0.407. The Morgan fingerprint density at radius 1 is 1.19 bits per heavy atom. The van der Waals surface area contributed by atoms with E-state index in [1.165, 1.54) is 11.8 Å². The van der Waals surface area contributed by atoms with E-state index >= 15 is 0 Å². The van der Waals surface area contributed by atoms with Crippen molar-refractivity contribution in [3.63, 3.8) is 0 Å². The summed E-state index contributed by atoms with van der Waals surface area (Å²) in [5.41, 5.74) is 1.60. The number of nitrogens with zero attached hydrogens (tertiary/aromatic N) is 2. The molecule has 0 aliphatic rings. The Balaban J connectivity index is 1.52. The van der Waals surface area contributed by atoms with Gasteiger partial charge in [-0.05, 0) is 34.6 Å². The Labute approximate surface area is 165 Å². The molecule has 27 heavy (non-hydrogen) atoms. The standard InChI is InChI=1S/C19H20N4O2S2/c1-19(2,3)13-8-6-12(7-9-13)17(25)20-15(24)11-27-18-21-16(22-23-18)14-5-4-10-26-14/h4-10H,11H2,1-3H3,(H,20,24,25)(H,21,22,23). The molecule has 0 aliphatic carbocycles. The Hall–Kier alpha value is -2.45. The zero-order valence-electron chi connectivity index (χ0n) is 15.3. The van der Waals surface area contributed by atoms with E-state index in [9.17, 15) is 9.59 Å². The van der Waals surface area contributed by atoms with Gasteiger partial charge in [-0.15, -0.1) is 16.4 Å². The van der Waals surface area contributed by atoms with Crippen molar-refractivity contribution >= 4 is 34.9 Å².